The fourth-order valence-electron chi connectivity index (χ4n) is 0.729. The molecule has 0 unspecified atom stereocenters. The Kier molecular flexibility index (Phi) is 20.2. The van der Waals surface area contributed by atoms with Crippen LogP contribution >= 0.6 is 0 Å². The molecule has 0 saturated heterocycles. The van der Waals surface area contributed by atoms with Crippen molar-refractivity contribution in [1.29, 1.82) is 0 Å². The maximum absolute atomic E-state index is 7.57. The largest absolute Gasteiger partial charge is 0.397 e. The zero-order valence-electron chi connectivity index (χ0n) is 8.19. The van der Waals surface area contributed by atoms with Crippen LogP contribution in [0.2, 0.25) is 0 Å². The number of hydrogen-bond acceptors (Lipinski definition) is 2. The molecule has 2 N–H and O–H groups in total. The molecule has 0 aliphatic carbocycles. The summed E-state index contributed by atoms with van der Waals surface area (Å²) in [7, 11) is 2.01. The van der Waals surface area contributed by atoms with Gasteiger partial charge in [0.05, 0.1) is 0 Å². The van der Waals surface area contributed by atoms with Gasteiger partial charge in [0.15, 0.2) is 0 Å². The molecular formula is C9H23NO. The van der Waals surface area contributed by atoms with Crippen molar-refractivity contribution >= 4 is 0 Å². The second-order valence-corrected chi connectivity index (χ2v) is 2.48. The van der Waals surface area contributed by atoms with Crippen molar-refractivity contribution in [3.8, 4) is 0 Å². The first-order valence-corrected chi connectivity index (χ1v) is 4.58. The van der Waals surface area contributed by atoms with E-state index in [1.807, 2.05) is 7.05 Å². The highest BCUT2D eigenvalue weighted by Gasteiger charge is 1.82. The van der Waals surface area contributed by atoms with Crippen LogP contribution in [0.1, 0.15) is 39.5 Å². The van der Waals surface area contributed by atoms with Gasteiger partial charge in [-0.15, -0.1) is 0 Å². The Bertz CT molecular complexity index is 42.8. The lowest BCUT2D eigenvalue weighted by atomic mass is 10.2. The predicted molar refractivity (Wildman–Crippen MR) is 50.8 cm³/mol. The molecule has 0 aromatic carbocycles. The fourth-order valence-corrected chi connectivity index (χ4v) is 0.729. The minimum Gasteiger partial charge on any atom is -0.397 e. The van der Waals surface area contributed by atoms with Gasteiger partial charge in [-0.05, 0) is 26.9 Å². The van der Waals surface area contributed by atoms with Crippen LogP contribution in [-0.4, -0.2) is 25.3 Å². The Morgan fingerprint density at radius 1 is 1.09 bits per heavy atom. The van der Waals surface area contributed by atoms with E-state index >= 15 is 0 Å². The van der Waals surface area contributed by atoms with E-state index in [2.05, 4.69) is 12.2 Å². The van der Waals surface area contributed by atoms with E-state index in [4.69, 9.17) is 5.11 Å². The number of hydrogen-bond donors (Lipinski definition) is 2. The highest BCUT2D eigenvalue weighted by molar-refractivity contribution is 4.41. The quantitative estimate of drug-likeness (QED) is 0.602. The lowest BCUT2D eigenvalue weighted by Crippen LogP contribution is -2.06. The predicted octanol–water partition coefficient (Wildman–Crippen LogP) is 1.78. The van der Waals surface area contributed by atoms with Crippen LogP contribution < -0.4 is 5.32 Å². The summed E-state index contributed by atoms with van der Waals surface area (Å²) >= 11 is 0. The molecule has 0 spiro atoms. The molecule has 0 radical (unpaired) electrons. The van der Waals surface area contributed by atoms with Gasteiger partial charge >= 0.3 is 0 Å². The van der Waals surface area contributed by atoms with Gasteiger partial charge in [0, 0.05) is 6.61 Å². The first kappa shape index (κ1) is 13.5. The number of rotatable bonds is 5. The van der Waals surface area contributed by atoms with Gasteiger partial charge in [0.25, 0.3) is 0 Å². The van der Waals surface area contributed by atoms with Crippen LogP contribution in [0, 0.1) is 0 Å². The van der Waals surface area contributed by atoms with E-state index in [1.54, 1.807) is 6.92 Å². The van der Waals surface area contributed by atoms with Gasteiger partial charge in [-0.2, -0.15) is 0 Å². The van der Waals surface area contributed by atoms with E-state index in [9.17, 15) is 0 Å². The fraction of sp³-hybridized carbons (Fsp3) is 1.00. The zero-order valence-corrected chi connectivity index (χ0v) is 8.19. The van der Waals surface area contributed by atoms with Crippen LogP contribution in [0.15, 0.2) is 0 Å². The van der Waals surface area contributed by atoms with E-state index in [-0.39, 0.29) is 6.61 Å². The van der Waals surface area contributed by atoms with E-state index in [0.29, 0.717) is 0 Å². The molecule has 0 amide bonds. The van der Waals surface area contributed by atoms with Crippen molar-refractivity contribution in [1.82, 2.24) is 5.32 Å². The van der Waals surface area contributed by atoms with Gasteiger partial charge < -0.3 is 10.4 Å². The minimum atomic E-state index is 0.250. The van der Waals surface area contributed by atoms with E-state index in [0.717, 1.165) is 0 Å². The summed E-state index contributed by atoms with van der Waals surface area (Å²) in [6, 6.07) is 0. The number of aliphatic hydroxyl groups is 1. The summed E-state index contributed by atoms with van der Waals surface area (Å²) < 4.78 is 0. The topological polar surface area (TPSA) is 32.3 Å². The second kappa shape index (κ2) is 16.5. The molecule has 0 aliphatic rings. The van der Waals surface area contributed by atoms with Crippen LogP contribution in [0.4, 0.5) is 0 Å². The second-order valence-electron chi connectivity index (χ2n) is 2.48. The number of unbranched alkanes of at least 4 members (excludes halogenated alkanes) is 3. The lowest BCUT2D eigenvalue weighted by molar-refractivity contribution is 0.318. The summed E-state index contributed by atoms with van der Waals surface area (Å²) in [5.41, 5.74) is 0. The molecule has 0 aromatic rings. The van der Waals surface area contributed by atoms with Crippen molar-refractivity contribution < 1.29 is 5.11 Å². The smallest absolute Gasteiger partial charge is 0.0402 e. The zero-order chi connectivity index (χ0) is 8.95. The Morgan fingerprint density at radius 2 is 1.64 bits per heavy atom. The molecule has 0 aliphatic heterocycles. The SMILES string of the molecule is CCCCCCNC.CCO. The Hall–Kier alpha value is -0.0800. The minimum absolute atomic E-state index is 0.250. The Balaban J connectivity index is 0. The summed E-state index contributed by atoms with van der Waals surface area (Å²) in [4.78, 5) is 0. The van der Waals surface area contributed by atoms with Crippen LogP contribution in [0.3, 0.4) is 0 Å². The van der Waals surface area contributed by atoms with Crippen LogP contribution in [0.5, 0.6) is 0 Å². The standard InChI is InChI=1S/C7H17N.C2H6O/c1-3-4-5-6-7-8-2;1-2-3/h8H,3-7H2,1-2H3;3H,2H2,1H3. The average molecular weight is 161 g/mol. The monoisotopic (exact) mass is 161 g/mol. The molecule has 2 heteroatoms. The van der Waals surface area contributed by atoms with Gasteiger partial charge in [0.1, 0.15) is 0 Å². The summed E-state index contributed by atoms with van der Waals surface area (Å²) in [5.74, 6) is 0. The van der Waals surface area contributed by atoms with Gasteiger partial charge in [-0.1, -0.05) is 26.2 Å². The molecule has 0 bridgehead atoms. The van der Waals surface area contributed by atoms with Gasteiger partial charge in [-0.3, -0.25) is 0 Å². The summed E-state index contributed by atoms with van der Waals surface area (Å²) in [6.45, 7) is 5.35. The molecule has 0 aromatic heterocycles. The molecule has 11 heavy (non-hydrogen) atoms. The highest BCUT2D eigenvalue weighted by atomic mass is 16.2. The first-order chi connectivity index (χ1) is 5.33. The lowest BCUT2D eigenvalue weighted by Gasteiger charge is -1.95. The van der Waals surface area contributed by atoms with Crippen LogP contribution in [0.25, 0.3) is 0 Å². The first-order valence-electron chi connectivity index (χ1n) is 4.58. The molecule has 0 fully saturated rings. The molecule has 0 heterocycles. The molecule has 0 rings (SSSR count). The molecular weight excluding hydrogens is 138 g/mol. The number of aliphatic hydroxyl groups excluding tert-OH is 1. The third kappa shape index (κ3) is 25.7. The molecule has 70 valence electrons. The van der Waals surface area contributed by atoms with E-state index < -0.39 is 0 Å². The molecule has 2 nitrogen and oxygen atoms in total. The Morgan fingerprint density at radius 3 is 2.00 bits per heavy atom. The van der Waals surface area contributed by atoms with E-state index in [1.165, 1.54) is 32.2 Å². The van der Waals surface area contributed by atoms with Crippen molar-refractivity contribution in [3.05, 3.63) is 0 Å². The normalized spacial score (nSPS) is 8.73. The van der Waals surface area contributed by atoms with Crippen molar-refractivity contribution in [2.75, 3.05) is 20.2 Å². The van der Waals surface area contributed by atoms with Crippen molar-refractivity contribution in [3.63, 3.8) is 0 Å². The maximum Gasteiger partial charge on any atom is 0.0402 e. The third-order valence-corrected chi connectivity index (χ3v) is 1.28. The van der Waals surface area contributed by atoms with Crippen molar-refractivity contribution in [2.24, 2.45) is 0 Å². The van der Waals surface area contributed by atoms with Crippen molar-refractivity contribution in [2.45, 2.75) is 39.5 Å². The molecule has 0 atom stereocenters. The van der Waals surface area contributed by atoms with Crippen LogP contribution in [-0.2, 0) is 0 Å². The third-order valence-electron chi connectivity index (χ3n) is 1.28. The van der Waals surface area contributed by atoms with Gasteiger partial charge in [0.2, 0.25) is 0 Å². The average Bonchev–Trinajstić information content (AvgIpc) is 2.00. The summed E-state index contributed by atoms with van der Waals surface area (Å²) in [6.07, 6.45) is 5.45. The Labute approximate surface area is 71.0 Å². The maximum atomic E-state index is 7.57. The van der Waals surface area contributed by atoms with Gasteiger partial charge in [-0.25, -0.2) is 0 Å². The number of nitrogens with one attached hydrogen (secondary N) is 1. The highest BCUT2D eigenvalue weighted by Crippen LogP contribution is 1.96. The molecule has 0 saturated carbocycles. The summed E-state index contributed by atoms with van der Waals surface area (Å²) in [5, 5.41) is 10.7.